The zero-order chi connectivity index (χ0) is 25.6. The lowest BCUT2D eigenvalue weighted by Gasteiger charge is -2.31. The maximum Gasteiger partial charge on any atom is 0.244 e. The van der Waals surface area contributed by atoms with Gasteiger partial charge in [-0.05, 0) is 55.2 Å². The SMILES string of the molecule is CCNC(=O)[C@H](C)N(Cc1ccc(Cl)c(Cl)c1)C(=O)CN(c1ccc(C(C)C)cc1)S(C)(=O)=O. The number of sulfonamides is 1. The molecular weight excluding hydrogens is 497 g/mol. The van der Waals surface area contributed by atoms with Gasteiger partial charge in [-0.15, -0.1) is 0 Å². The molecular formula is C24H31Cl2N3O4S. The molecule has 0 unspecified atom stereocenters. The maximum atomic E-state index is 13.4. The van der Waals surface area contributed by atoms with E-state index in [-0.39, 0.29) is 18.4 Å². The third-order valence-electron chi connectivity index (χ3n) is 5.38. The standard InChI is InChI=1S/C24H31Cl2N3O4S/c1-6-27-24(31)17(4)28(14-18-7-12-21(25)22(26)13-18)23(30)15-29(34(5,32)33)20-10-8-19(9-11-20)16(2)3/h7-13,16-17H,6,14-15H2,1-5H3,(H,27,31)/t17-/m0/s1. The molecule has 186 valence electrons. The van der Waals surface area contributed by atoms with Crippen LogP contribution in [0, 0.1) is 0 Å². The molecule has 2 aromatic carbocycles. The van der Waals surface area contributed by atoms with Crippen LogP contribution in [0.25, 0.3) is 0 Å². The molecule has 0 aliphatic carbocycles. The highest BCUT2D eigenvalue weighted by Crippen LogP contribution is 2.25. The van der Waals surface area contributed by atoms with Crippen LogP contribution in [0.2, 0.25) is 10.0 Å². The number of halogens is 2. The predicted molar refractivity (Wildman–Crippen MR) is 138 cm³/mol. The van der Waals surface area contributed by atoms with Crippen molar-refractivity contribution in [2.24, 2.45) is 0 Å². The van der Waals surface area contributed by atoms with Gasteiger partial charge in [0.25, 0.3) is 0 Å². The Labute approximate surface area is 212 Å². The molecule has 1 atom stereocenters. The quantitative estimate of drug-likeness (QED) is 0.494. The highest BCUT2D eigenvalue weighted by atomic mass is 35.5. The minimum atomic E-state index is -3.77. The Hall–Kier alpha value is -2.29. The number of hydrogen-bond acceptors (Lipinski definition) is 4. The summed E-state index contributed by atoms with van der Waals surface area (Å²) < 4.78 is 26.2. The fraction of sp³-hybridized carbons (Fsp3) is 0.417. The Morgan fingerprint density at radius 2 is 1.62 bits per heavy atom. The molecule has 0 aromatic heterocycles. The van der Waals surface area contributed by atoms with Crippen LogP contribution >= 0.6 is 23.2 Å². The Morgan fingerprint density at radius 3 is 2.12 bits per heavy atom. The van der Waals surface area contributed by atoms with Crippen LogP contribution in [0.1, 0.15) is 44.7 Å². The van der Waals surface area contributed by atoms with Crippen LogP contribution in [0.3, 0.4) is 0 Å². The fourth-order valence-electron chi connectivity index (χ4n) is 3.38. The topological polar surface area (TPSA) is 86.8 Å². The van der Waals surface area contributed by atoms with Gasteiger partial charge in [0, 0.05) is 13.1 Å². The number of amides is 2. The molecule has 0 radical (unpaired) electrons. The van der Waals surface area contributed by atoms with Gasteiger partial charge >= 0.3 is 0 Å². The van der Waals surface area contributed by atoms with Crippen molar-refractivity contribution in [1.29, 1.82) is 0 Å². The molecule has 7 nitrogen and oxygen atoms in total. The van der Waals surface area contributed by atoms with Crippen molar-refractivity contribution in [1.82, 2.24) is 10.2 Å². The third kappa shape index (κ3) is 7.35. The Bertz CT molecular complexity index is 1120. The van der Waals surface area contributed by atoms with Gasteiger partial charge in [-0.3, -0.25) is 13.9 Å². The minimum Gasteiger partial charge on any atom is -0.355 e. The highest BCUT2D eigenvalue weighted by molar-refractivity contribution is 7.92. The van der Waals surface area contributed by atoms with E-state index in [0.29, 0.717) is 27.8 Å². The Kier molecular flexibility index (Phi) is 9.79. The van der Waals surface area contributed by atoms with E-state index in [1.54, 1.807) is 44.2 Å². The van der Waals surface area contributed by atoms with Crippen molar-refractivity contribution < 1.29 is 18.0 Å². The van der Waals surface area contributed by atoms with Gasteiger partial charge in [-0.2, -0.15) is 0 Å². The molecule has 1 N–H and O–H groups in total. The summed E-state index contributed by atoms with van der Waals surface area (Å²) in [6.45, 7) is 7.45. The first-order chi connectivity index (χ1) is 15.8. The van der Waals surface area contributed by atoms with Gasteiger partial charge in [-0.1, -0.05) is 55.2 Å². The molecule has 0 aliphatic heterocycles. The molecule has 0 saturated heterocycles. The number of carbonyl (C=O) groups is 2. The first-order valence-corrected chi connectivity index (χ1v) is 13.5. The molecule has 2 rings (SSSR count). The molecule has 34 heavy (non-hydrogen) atoms. The first kappa shape index (κ1) is 28.0. The van der Waals surface area contributed by atoms with Crippen LogP contribution in [0.5, 0.6) is 0 Å². The second kappa shape index (κ2) is 11.9. The molecule has 0 fully saturated rings. The van der Waals surface area contributed by atoms with E-state index in [4.69, 9.17) is 23.2 Å². The largest absolute Gasteiger partial charge is 0.355 e. The lowest BCUT2D eigenvalue weighted by molar-refractivity contribution is -0.139. The average molecular weight is 529 g/mol. The molecule has 0 bridgehead atoms. The van der Waals surface area contributed by atoms with Crippen LogP contribution in [-0.2, 0) is 26.2 Å². The fourth-order valence-corrected chi connectivity index (χ4v) is 4.55. The number of hydrogen-bond donors (Lipinski definition) is 1. The van der Waals surface area contributed by atoms with E-state index in [0.717, 1.165) is 16.1 Å². The number of nitrogens with one attached hydrogen (secondary N) is 1. The second-order valence-electron chi connectivity index (χ2n) is 8.36. The second-order valence-corrected chi connectivity index (χ2v) is 11.1. The lowest BCUT2D eigenvalue weighted by Crippen LogP contribution is -2.51. The molecule has 0 spiro atoms. The van der Waals surface area contributed by atoms with Crippen LogP contribution < -0.4 is 9.62 Å². The van der Waals surface area contributed by atoms with E-state index in [2.05, 4.69) is 5.32 Å². The number of nitrogens with zero attached hydrogens (tertiary/aromatic N) is 2. The number of benzene rings is 2. The Balaban J connectivity index is 2.39. The van der Waals surface area contributed by atoms with Crippen molar-refractivity contribution in [3.8, 4) is 0 Å². The number of likely N-dealkylation sites (N-methyl/N-ethyl adjacent to an activating group) is 1. The van der Waals surface area contributed by atoms with Gasteiger partial charge in [0.05, 0.1) is 22.0 Å². The predicted octanol–water partition coefficient (Wildman–Crippen LogP) is 4.44. The smallest absolute Gasteiger partial charge is 0.244 e. The van der Waals surface area contributed by atoms with E-state index in [1.807, 2.05) is 26.0 Å². The van der Waals surface area contributed by atoms with Crippen molar-refractivity contribution in [3.63, 3.8) is 0 Å². The average Bonchev–Trinajstić information content (AvgIpc) is 2.77. The number of rotatable bonds is 10. The summed E-state index contributed by atoms with van der Waals surface area (Å²) in [6.07, 6.45) is 1.05. The monoisotopic (exact) mass is 527 g/mol. The van der Waals surface area contributed by atoms with Crippen LogP contribution in [-0.4, -0.2) is 50.5 Å². The molecule has 2 amide bonds. The summed E-state index contributed by atoms with van der Waals surface area (Å²) in [7, 11) is -3.77. The zero-order valence-electron chi connectivity index (χ0n) is 20.0. The normalized spacial score (nSPS) is 12.4. The molecule has 0 saturated carbocycles. The van der Waals surface area contributed by atoms with Gasteiger partial charge in [0.15, 0.2) is 0 Å². The molecule has 0 heterocycles. The first-order valence-electron chi connectivity index (χ1n) is 10.9. The van der Waals surface area contributed by atoms with Crippen molar-refractivity contribution in [2.45, 2.75) is 46.2 Å². The van der Waals surface area contributed by atoms with E-state index < -0.39 is 28.5 Å². The van der Waals surface area contributed by atoms with Crippen molar-refractivity contribution in [3.05, 3.63) is 63.6 Å². The maximum absolute atomic E-state index is 13.4. The van der Waals surface area contributed by atoms with Gasteiger partial charge in [0.2, 0.25) is 21.8 Å². The minimum absolute atomic E-state index is 0.0535. The van der Waals surface area contributed by atoms with E-state index >= 15 is 0 Å². The summed E-state index contributed by atoms with van der Waals surface area (Å²) in [4.78, 5) is 27.3. The third-order valence-corrected chi connectivity index (χ3v) is 7.26. The lowest BCUT2D eigenvalue weighted by atomic mass is 10.0. The number of carbonyl (C=O) groups excluding carboxylic acids is 2. The van der Waals surface area contributed by atoms with E-state index in [9.17, 15) is 18.0 Å². The summed E-state index contributed by atoms with van der Waals surface area (Å²) >= 11 is 12.1. The van der Waals surface area contributed by atoms with Crippen molar-refractivity contribution in [2.75, 3.05) is 23.7 Å². The molecule has 0 aliphatic rings. The number of anilines is 1. The van der Waals surface area contributed by atoms with Crippen LogP contribution in [0.15, 0.2) is 42.5 Å². The van der Waals surface area contributed by atoms with E-state index in [1.165, 1.54) is 4.90 Å². The molecule has 2 aromatic rings. The van der Waals surface area contributed by atoms with Crippen molar-refractivity contribution >= 4 is 50.7 Å². The summed E-state index contributed by atoms with van der Waals surface area (Å²) in [5.74, 6) is -0.590. The highest BCUT2D eigenvalue weighted by Gasteiger charge is 2.30. The Morgan fingerprint density at radius 1 is 1.00 bits per heavy atom. The summed E-state index contributed by atoms with van der Waals surface area (Å²) in [5.41, 5.74) is 2.08. The summed E-state index contributed by atoms with van der Waals surface area (Å²) in [5, 5.41) is 3.40. The van der Waals surface area contributed by atoms with Gasteiger partial charge in [-0.25, -0.2) is 8.42 Å². The van der Waals surface area contributed by atoms with Gasteiger partial charge < -0.3 is 10.2 Å². The molecule has 10 heteroatoms. The van der Waals surface area contributed by atoms with Crippen LogP contribution in [0.4, 0.5) is 5.69 Å². The van der Waals surface area contributed by atoms with Gasteiger partial charge in [0.1, 0.15) is 12.6 Å². The summed E-state index contributed by atoms with van der Waals surface area (Å²) in [6, 6.07) is 11.1. The zero-order valence-corrected chi connectivity index (χ0v) is 22.3.